The third-order valence-electron chi connectivity index (χ3n) is 3.19. The van der Waals surface area contributed by atoms with Crippen molar-refractivity contribution in [1.29, 1.82) is 0 Å². The van der Waals surface area contributed by atoms with Crippen molar-refractivity contribution in [3.8, 4) is 5.75 Å². The maximum atomic E-state index is 11.4. The quantitative estimate of drug-likeness (QED) is 0.909. The standard InChI is InChI=1S/C17H14ClN3O2S/c18-14-5-1-12(2-6-14)9-23-15-7-3-13(4-8-15)17-21-20-11-19-16(22)10-24-17/h1-8,11H,9-10H2,(H,19,20,22). The van der Waals surface area contributed by atoms with Gasteiger partial charge in [-0.15, -0.1) is 10.2 Å². The Kier molecular flexibility index (Phi) is 5.51. The lowest BCUT2D eigenvalue weighted by Gasteiger charge is -2.09. The molecule has 0 spiro atoms. The number of hydrogen-bond acceptors (Lipinski definition) is 5. The first kappa shape index (κ1) is 16.5. The van der Waals surface area contributed by atoms with Crippen molar-refractivity contribution in [2.24, 2.45) is 10.2 Å². The van der Waals surface area contributed by atoms with Gasteiger partial charge in [0, 0.05) is 10.6 Å². The largest absolute Gasteiger partial charge is 0.489 e. The highest BCUT2D eigenvalue weighted by Gasteiger charge is 2.10. The number of amides is 1. The molecule has 2 aromatic carbocycles. The molecular formula is C17H14ClN3O2S. The molecule has 1 aliphatic heterocycles. The van der Waals surface area contributed by atoms with Gasteiger partial charge < -0.3 is 10.1 Å². The predicted molar refractivity (Wildman–Crippen MR) is 97.9 cm³/mol. The van der Waals surface area contributed by atoms with Crippen LogP contribution in [0.2, 0.25) is 5.02 Å². The molecule has 0 saturated carbocycles. The van der Waals surface area contributed by atoms with Crippen LogP contribution in [0.4, 0.5) is 0 Å². The van der Waals surface area contributed by atoms with Crippen LogP contribution in [0.3, 0.4) is 0 Å². The van der Waals surface area contributed by atoms with Crippen LogP contribution in [0.5, 0.6) is 5.75 Å². The van der Waals surface area contributed by atoms with Gasteiger partial charge in [0.25, 0.3) is 0 Å². The second-order valence-electron chi connectivity index (χ2n) is 4.95. The minimum absolute atomic E-state index is 0.0981. The molecular weight excluding hydrogens is 346 g/mol. The first-order valence-electron chi connectivity index (χ1n) is 7.20. The molecule has 1 heterocycles. The van der Waals surface area contributed by atoms with Gasteiger partial charge in [-0.2, -0.15) is 0 Å². The van der Waals surface area contributed by atoms with Gasteiger partial charge in [-0.05, 0) is 42.0 Å². The lowest BCUT2D eigenvalue weighted by molar-refractivity contribution is -0.117. The van der Waals surface area contributed by atoms with E-state index in [0.29, 0.717) is 22.4 Å². The SMILES string of the molecule is O=C1CSC(c2ccc(OCc3ccc(Cl)cc3)cc2)=NN=CN1. The lowest BCUT2D eigenvalue weighted by Crippen LogP contribution is -2.25. The molecule has 24 heavy (non-hydrogen) atoms. The first-order chi connectivity index (χ1) is 11.7. The molecule has 0 saturated heterocycles. The Hall–Kier alpha value is -2.31. The number of nitrogens with zero attached hydrogens (tertiary/aromatic N) is 2. The van der Waals surface area contributed by atoms with Crippen LogP contribution in [0.25, 0.3) is 0 Å². The summed E-state index contributed by atoms with van der Waals surface area (Å²) in [4.78, 5) is 11.4. The topological polar surface area (TPSA) is 63.0 Å². The average Bonchev–Trinajstić information content (AvgIpc) is 2.59. The van der Waals surface area contributed by atoms with Crippen molar-refractivity contribution < 1.29 is 9.53 Å². The fourth-order valence-electron chi connectivity index (χ4n) is 1.97. The molecule has 3 rings (SSSR count). The zero-order valence-electron chi connectivity index (χ0n) is 12.6. The molecule has 1 aliphatic rings. The van der Waals surface area contributed by atoms with Gasteiger partial charge in [-0.25, -0.2) is 0 Å². The molecule has 0 bridgehead atoms. The maximum absolute atomic E-state index is 11.4. The molecule has 0 fully saturated rings. The molecule has 0 atom stereocenters. The van der Waals surface area contributed by atoms with Crippen LogP contribution in [0, 0.1) is 0 Å². The summed E-state index contributed by atoms with van der Waals surface area (Å²) in [5.41, 5.74) is 1.94. The number of carbonyl (C=O) groups is 1. The monoisotopic (exact) mass is 359 g/mol. The summed E-state index contributed by atoms with van der Waals surface area (Å²) in [6.07, 6.45) is 1.30. The van der Waals surface area contributed by atoms with E-state index in [1.165, 1.54) is 18.1 Å². The van der Waals surface area contributed by atoms with Crippen molar-refractivity contribution in [3.63, 3.8) is 0 Å². The van der Waals surface area contributed by atoms with Crippen molar-refractivity contribution in [2.75, 3.05) is 5.75 Å². The average molecular weight is 360 g/mol. The van der Waals surface area contributed by atoms with Crippen LogP contribution in [-0.4, -0.2) is 23.0 Å². The van der Waals surface area contributed by atoms with Crippen molar-refractivity contribution in [3.05, 3.63) is 64.7 Å². The van der Waals surface area contributed by atoms with Crippen LogP contribution >= 0.6 is 23.4 Å². The fraction of sp³-hybridized carbons (Fsp3) is 0.118. The molecule has 0 unspecified atom stereocenters. The van der Waals surface area contributed by atoms with Crippen molar-refractivity contribution in [1.82, 2.24) is 5.32 Å². The van der Waals surface area contributed by atoms with Crippen LogP contribution in [0.15, 0.2) is 58.7 Å². The number of nitrogens with one attached hydrogen (secondary N) is 1. The Morgan fingerprint density at radius 1 is 1.12 bits per heavy atom. The Morgan fingerprint density at radius 2 is 1.88 bits per heavy atom. The van der Waals surface area contributed by atoms with Gasteiger partial charge >= 0.3 is 0 Å². The number of ether oxygens (including phenoxy) is 1. The highest BCUT2D eigenvalue weighted by Crippen LogP contribution is 2.20. The number of hydrogen-bond donors (Lipinski definition) is 1. The highest BCUT2D eigenvalue weighted by atomic mass is 35.5. The van der Waals surface area contributed by atoms with Crippen LogP contribution < -0.4 is 10.1 Å². The molecule has 5 nitrogen and oxygen atoms in total. The summed E-state index contributed by atoms with van der Waals surface area (Å²) in [6, 6.07) is 15.1. The summed E-state index contributed by atoms with van der Waals surface area (Å²) in [7, 11) is 0. The van der Waals surface area contributed by atoms with Gasteiger partial charge in [-0.1, -0.05) is 35.5 Å². The number of rotatable bonds is 4. The Bertz CT molecular complexity index is 773. The summed E-state index contributed by atoms with van der Waals surface area (Å²) in [5, 5.41) is 11.8. The third-order valence-corrected chi connectivity index (χ3v) is 4.44. The minimum Gasteiger partial charge on any atom is -0.489 e. The van der Waals surface area contributed by atoms with Crippen molar-refractivity contribution in [2.45, 2.75) is 6.61 Å². The van der Waals surface area contributed by atoms with Gasteiger partial charge in [0.2, 0.25) is 5.91 Å². The van der Waals surface area contributed by atoms with E-state index in [1.807, 2.05) is 48.5 Å². The highest BCUT2D eigenvalue weighted by molar-refractivity contribution is 8.14. The van der Waals surface area contributed by atoms with E-state index < -0.39 is 0 Å². The second kappa shape index (κ2) is 7.99. The van der Waals surface area contributed by atoms with Crippen molar-refractivity contribution >= 4 is 40.7 Å². The number of halogens is 1. The van der Waals surface area contributed by atoms with E-state index in [9.17, 15) is 4.79 Å². The smallest absolute Gasteiger partial charge is 0.235 e. The van der Waals surface area contributed by atoms with Gasteiger partial charge in [0.05, 0.1) is 5.75 Å². The number of thioether (sulfide) groups is 1. The Labute approximate surface area is 148 Å². The van der Waals surface area contributed by atoms with Crippen LogP contribution in [-0.2, 0) is 11.4 Å². The van der Waals surface area contributed by atoms with Crippen LogP contribution in [0.1, 0.15) is 11.1 Å². The maximum Gasteiger partial charge on any atom is 0.235 e. The normalized spacial score (nSPS) is 14.4. The second-order valence-corrected chi connectivity index (χ2v) is 6.35. The van der Waals surface area contributed by atoms with E-state index in [1.54, 1.807) is 0 Å². The summed E-state index contributed by atoms with van der Waals surface area (Å²) in [6.45, 7) is 0.469. The third kappa shape index (κ3) is 4.59. The zero-order chi connectivity index (χ0) is 16.8. The Morgan fingerprint density at radius 3 is 2.62 bits per heavy atom. The zero-order valence-corrected chi connectivity index (χ0v) is 14.2. The predicted octanol–water partition coefficient (Wildman–Crippen LogP) is 3.47. The van der Waals surface area contributed by atoms with E-state index in [4.69, 9.17) is 16.3 Å². The molecule has 0 radical (unpaired) electrons. The molecule has 0 aliphatic carbocycles. The van der Waals surface area contributed by atoms with E-state index in [-0.39, 0.29) is 5.91 Å². The van der Waals surface area contributed by atoms with E-state index in [2.05, 4.69) is 15.5 Å². The summed E-state index contributed by atoms with van der Waals surface area (Å²) >= 11 is 7.21. The van der Waals surface area contributed by atoms with Gasteiger partial charge in [0.15, 0.2) is 0 Å². The minimum atomic E-state index is -0.0981. The number of benzene rings is 2. The lowest BCUT2D eigenvalue weighted by atomic mass is 10.2. The Balaban J connectivity index is 1.64. The molecule has 0 aromatic heterocycles. The molecule has 1 amide bonds. The summed E-state index contributed by atoms with van der Waals surface area (Å²) in [5.74, 6) is 0.963. The molecule has 122 valence electrons. The van der Waals surface area contributed by atoms with E-state index in [0.717, 1.165) is 16.9 Å². The molecule has 7 heteroatoms. The molecule has 2 aromatic rings. The van der Waals surface area contributed by atoms with Gasteiger partial charge in [-0.3, -0.25) is 4.79 Å². The fourth-order valence-corrected chi connectivity index (χ4v) is 2.85. The first-order valence-corrected chi connectivity index (χ1v) is 8.56. The molecule has 1 N–H and O–H groups in total. The van der Waals surface area contributed by atoms with Gasteiger partial charge in [0.1, 0.15) is 23.7 Å². The van der Waals surface area contributed by atoms with E-state index >= 15 is 0 Å². The summed E-state index contributed by atoms with van der Waals surface area (Å²) < 4.78 is 5.75. The number of carbonyl (C=O) groups excluding carboxylic acids is 1.